The van der Waals surface area contributed by atoms with Gasteiger partial charge >= 0.3 is 5.97 Å². The van der Waals surface area contributed by atoms with Crippen LogP contribution in [0.4, 0.5) is 11.4 Å². The number of carbonyl (C=O) groups is 3. The normalized spacial score (nSPS) is 13.8. The topological polar surface area (TPSA) is 91.8 Å². The second-order valence-electron chi connectivity index (χ2n) is 6.45. The molecule has 2 aromatic rings. The second-order valence-corrected chi connectivity index (χ2v) is 6.45. The molecule has 0 radical (unpaired) electrons. The van der Waals surface area contributed by atoms with Gasteiger partial charge in [0.05, 0.1) is 30.1 Å². The van der Waals surface area contributed by atoms with Gasteiger partial charge in [0.1, 0.15) is 0 Å². The zero-order valence-corrected chi connectivity index (χ0v) is 15.8. The van der Waals surface area contributed by atoms with Gasteiger partial charge in [0.2, 0.25) is 5.91 Å². The zero-order valence-electron chi connectivity index (χ0n) is 15.8. The van der Waals surface area contributed by atoms with Crippen LogP contribution in [0.5, 0.6) is 0 Å². The molecule has 8 nitrogen and oxygen atoms in total. The average molecular weight is 382 g/mol. The van der Waals surface area contributed by atoms with Crippen molar-refractivity contribution in [3.05, 3.63) is 53.9 Å². The largest absolute Gasteiger partial charge is 0.465 e. The van der Waals surface area contributed by atoms with Crippen molar-refractivity contribution in [2.24, 2.45) is 0 Å². The van der Waals surface area contributed by atoms with Crippen molar-refractivity contribution in [2.75, 3.05) is 38.6 Å². The van der Waals surface area contributed by atoms with Crippen molar-refractivity contribution in [3.8, 4) is 0 Å². The molecule has 1 aliphatic rings. The Balaban J connectivity index is 1.66. The summed E-state index contributed by atoms with van der Waals surface area (Å²) in [6.07, 6.45) is 3.16. The minimum Gasteiger partial charge on any atom is -0.465 e. The van der Waals surface area contributed by atoms with Crippen LogP contribution in [-0.2, 0) is 9.53 Å². The molecule has 146 valence electrons. The van der Waals surface area contributed by atoms with Crippen LogP contribution in [0.1, 0.15) is 27.6 Å². The SMILES string of the molecule is COC(=O)c1ccc(Nc2cncc(C(=O)N3CCN(C(C)=O)CC3)c2)cc1. The van der Waals surface area contributed by atoms with E-state index in [1.54, 1.807) is 46.3 Å². The minimum atomic E-state index is -0.398. The Labute approximate surface area is 163 Å². The number of piperazine rings is 1. The maximum atomic E-state index is 12.7. The fourth-order valence-corrected chi connectivity index (χ4v) is 3.01. The maximum absolute atomic E-state index is 12.7. The minimum absolute atomic E-state index is 0.0261. The lowest BCUT2D eigenvalue weighted by molar-refractivity contribution is -0.130. The van der Waals surface area contributed by atoms with Crippen LogP contribution in [0, 0.1) is 0 Å². The third kappa shape index (κ3) is 4.46. The molecule has 1 N–H and O–H groups in total. The molecule has 0 spiro atoms. The van der Waals surface area contributed by atoms with Crippen molar-refractivity contribution in [1.29, 1.82) is 0 Å². The number of hydrogen-bond donors (Lipinski definition) is 1. The van der Waals surface area contributed by atoms with Crippen LogP contribution in [-0.4, -0.2) is 65.9 Å². The third-order valence-electron chi connectivity index (χ3n) is 4.59. The number of aromatic nitrogens is 1. The van der Waals surface area contributed by atoms with Gasteiger partial charge in [0.25, 0.3) is 5.91 Å². The molecule has 0 atom stereocenters. The summed E-state index contributed by atoms with van der Waals surface area (Å²) in [6, 6.07) is 8.56. The highest BCUT2D eigenvalue weighted by Crippen LogP contribution is 2.19. The first-order valence-corrected chi connectivity index (χ1v) is 8.93. The van der Waals surface area contributed by atoms with E-state index in [4.69, 9.17) is 0 Å². The lowest BCUT2D eigenvalue weighted by atomic mass is 10.2. The Morgan fingerprint density at radius 1 is 0.929 bits per heavy atom. The van der Waals surface area contributed by atoms with Gasteiger partial charge in [0, 0.05) is 45.0 Å². The molecule has 2 amide bonds. The number of nitrogens with one attached hydrogen (secondary N) is 1. The first kappa shape index (κ1) is 19.3. The summed E-state index contributed by atoms with van der Waals surface area (Å²) in [5, 5.41) is 3.17. The first-order chi connectivity index (χ1) is 13.5. The molecule has 0 unspecified atom stereocenters. The number of methoxy groups -OCH3 is 1. The molecule has 0 saturated carbocycles. The highest BCUT2D eigenvalue weighted by atomic mass is 16.5. The third-order valence-corrected chi connectivity index (χ3v) is 4.59. The lowest BCUT2D eigenvalue weighted by Gasteiger charge is -2.34. The molecule has 8 heteroatoms. The standard InChI is InChI=1S/C20H22N4O4/c1-14(25)23-7-9-24(10-8-23)19(26)16-11-18(13-21-12-16)22-17-5-3-15(4-6-17)20(27)28-2/h3-6,11-13,22H,7-10H2,1-2H3. The Morgan fingerprint density at radius 3 is 2.18 bits per heavy atom. The van der Waals surface area contributed by atoms with Gasteiger partial charge in [-0.15, -0.1) is 0 Å². The van der Waals surface area contributed by atoms with Gasteiger partial charge in [-0.1, -0.05) is 0 Å². The summed E-state index contributed by atoms with van der Waals surface area (Å²) in [6.45, 7) is 3.63. The molecular weight excluding hydrogens is 360 g/mol. The second kappa shape index (κ2) is 8.51. The van der Waals surface area contributed by atoms with E-state index < -0.39 is 5.97 Å². The molecule has 1 aromatic heterocycles. The number of hydrogen-bond acceptors (Lipinski definition) is 6. The molecule has 1 saturated heterocycles. The van der Waals surface area contributed by atoms with Crippen molar-refractivity contribution in [1.82, 2.24) is 14.8 Å². The van der Waals surface area contributed by atoms with E-state index in [0.29, 0.717) is 43.0 Å². The fourth-order valence-electron chi connectivity index (χ4n) is 3.01. The van der Waals surface area contributed by atoms with E-state index in [9.17, 15) is 14.4 Å². The van der Waals surface area contributed by atoms with Crippen LogP contribution >= 0.6 is 0 Å². The Morgan fingerprint density at radius 2 is 1.57 bits per heavy atom. The monoisotopic (exact) mass is 382 g/mol. The average Bonchev–Trinajstić information content (AvgIpc) is 2.73. The number of amides is 2. The van der Waals surface area contributed by atoms with Gasteiger partial charge < -0.3 is 19.9 Å². The predicted molar refractivity (Wildman–Crippen MR) is 103 cm³/mol. The summed E-state index contributed by atoms with van der Waals surface area (Å²) in [5.41, 5.74) is 2.36. The number of ether oxygens (including phenoxy) is 1. The molecule has 1 fully saturated rings. The number of anilines is 2. The van der Waals surface area contributed by atoms with Crippen molar-refractivity contribution in [2.45, 2.75) is 6.92 Å². The van der Waals surface area contributed by atoms with Crippen molar-refractivity contribution < 1.29 is 19.1 Å². The predicted octanol–water partition coefficient (Wildman–Crippen LogP) is 1.92. The van der Waals surface area contributed by atoms with Crippen LogP contribution < -0.4 is 5.32 Å². The quantitative estimate of drug-likeness (QED) is 0.813. The van der Waals surface area contributed by atoms with E-state index in [0.717, 1.165) is 5.69 Å². The number of carbonyl (C=O) groups excluding carboxylic acids is 3. The molecule has 3 rings (SSSR count). The molecule has 0 bridgehead atoms. The Bertz CT molecular complexity index is 874. The molecule has 2 heterocycles. The summed E-state index contributed by atoms with van der Waals surface area (Å²) in [5.74, 6) is -0.482. The van der Waals surface area contributed by atoms with Gasteiger partial charge in [-0.25, -0.2) is 4.79 Å². The highest BCUT2D eigenvalue weighted by molar-refractivity contribution is 5.95. The zero-order chi connectivity index (χ0) is 20.1. The molecular formula is C20H22N4O4. The number of pyridine rings is 1. The molecule has 1 aliphatic heterocycles. The van der Waals surface area contributed by atoms with Crippen LogP contribution in [0.2, 0.25) is 0 Å². The molecule has 1 aromatic carbocycles. The number of esters is 1. The fraction of sp³-hybridized carbons (Fsp3) is 0.300. The lowest BCUT2D eigenvalue weighted by Crippen LogP contribution is -2.50. The Kier molecular flexibility index (Phi) is 5.88. The van der Waals surface area contributed by atoms with Crippen molar-refractivity contribution >= 4 is 29.2 Å². The van der Waals surface area contributed by atoms with Gasteiger partial charge in [-0.05, 0) is 30.3 Å². The van der Waals surface area contributed by atoms with E-state index in [1.165, 1.54) is 20.2 Å². The smallest absolute Gasteiger partial charge is 0.337 e. The van der Waals surface area contributed by atoms with Gasteiger partial charge in [0.15, 0.2) is 0 Å². The number of rotatable bonds is 4. The summed E-state index contributed by atoms with van der Waals surface area (Å²) >= 11 is 0. The van der Waals surface area contributed by atoms with E-state index in [-0.39, 0.29) is 11.8 Å². The van der Waals surface area contributed by atoms with E-state index in [1.807, 2.05) is 0 Å². The summed E-state index contributed by atoms with van der Waals surface area (Å²) in [7, 11) is 1.34. The van der Waals surface area contributed by atoms with Crippen LogP contribution in [0.3, 0.4) is 0 Å². The summed E-state index contributed by atoms with van der Waals surface area (Å²) in [4.78, 5) is 43.3. The Hall–Kier alpha value is -3.42. The van der Waals surface area contributed by atoms with Crippen LogP contribution in [0.25, 0.3) is 0 Å². The summed E-state index contributed by atoms with van der Waals surface area (Å²) < 4.78 is 4.68. The first-order valence-electron chi connectivity index (χ1n) is 8.93. The van der Waals surface area contributed by atoms with Gasteiger partial charge in [-0.3, -0.25) is 14.6 Å². The number of benzene rings is 1. The van der Waals surface area contributed by atoms with Crippen LogP contribution in [0.15, 0.2) is 42.7 Å². The van der Waals surface area contributed by atoms with E-state index >= 15 is 0 Å². The maximum Gasteiger partial charge on any atom is 0.337 e. The van der Waals surface area contributed by atoms with E-state index in [2.05, 4.69) is 15.0 Å². The highest BCUT2D eigenvalue weighted by Gasteiger charge is 2.23. The van der Waals surface area contributed by atoms with Crippen molar-refractivity contribution in [3.63, 3.8) is 0 Å². The molecule has 0 aliphatic carbocycles. The molecule has 28 heavy (non-hydrogen) atoms. The number of nitrogens with zero attached hydrogens (tertiary/aromatic N) is 3. The van der Waals surface area contributed by atoms with Gasteiger partial charge in [-0.2, -0.15) is 0 Å².